The molecule has 1 atom stereocenters. The Morgan fingerprint density at radius 1 is 0.760 bits per heavy atom. The normalized spacial score (nSPS) is 16.6. The standard InChI is InChI=1S/C15H42O5Si5/c1-16-18-21-12-15-23(6,7)19-25(10,20-24(8,9)17-2)14-11-13-22(3,4)5/h11-15,21H2,1-10H3. The minimum absolute atomic E-state index is 0.598. The van der Waals surface area contributed by atoms with E-state index in [0.29, 0.717) is 0 Å². The molecule has 0 fully saturated rings. The van der Waals surface area contributed by atoms with E-state index in [1.54, 1.807) is 14.2 Å². The summed E-state index contributed by atoms with van der Waals surface area (Å²) in [5, 5.41) is 0. The largest absolute Gasteiger partial charge is 0.436 e. The smallest absolute Gasteiger partial charge is 0.322 e. The highest BCUT2D eigenvalue weighted by Crippen LogP contribution is 2.29. The summed E-state index contributed by atoms with van der Waals surface area (Å²) in [7, 11) is -4.43. The van der Waals surface area contributed by atoms with Gasteiger partial charge in [0.05, 0.1) is 7.11 Å². The Labute approximate surface area is 162 Å². The summed E-state index contributed by atoms with van der Waals surface area (Å²) in [5.74, 6) is 0. The lowest BCUT2D eigenvalue weighted by Crippen LogP contribution is -2.55. The monoisotopic (exact) mass is 442 g/mol. The van der Waals surface area contributed by atoms with E-state index in [0.717, 1.165) is 18.1 Å². The van der Waals surface area contributed by atoms with Crippen molar-refractivity contribution in [3.05, 3.63) is 0 Å². The van der Waals surface area contributed by atoms with Crippen LogP contribution in [-0.4, -0.2) is 57.5 Å². The van der Waals surface area contributed by atoms with E-state index < -0.39 is 43.3 Å². The molecule has 0 aromatic heterocycles. The van der Waals surface area contributed by atoms with Gasteiger partial charge < -0.3 is 12.7 Å². The zero-order chi connectivity index (χ0) is 19.8. The van der Waals surface area contributed by atoms with Crippen molar-refractivity contribution in [3.8, 4) is 0 Å². The highest BCUT2D eigenvalue weighted by Gasteiger charge is 2.43. The summed E-state index contributed by atoms with van der Waals surface area (Å²) in [4.78, 5) is 4.74. The average Bonchev–Trinajstić information content (AvgIpc) is 2.40. The van der Waals surface area contributed by atoms with Crippen molar-refractivity contribution in [1.29, 1.82) is 0 Å². The second kappa shape index (κ2) is 11.0. The maximum atomic E-state index is 6.81. The van der Waals surface area contributed by atoms with Gasteiger partial charge in [0.25, 0.3) is 0 Å². The molecule has 25 heavy (non-hydrogen) atoms. The van der Waals surface area contributed by atoms with Gasteiger partial charge in [0.2, 0.25) is 9.76 Å². The van der Waals surface area contributed by atoms with Gasteiger partial charge in [0.1, 0.15) is 0 Å². The fourth-order valence-corrected chi connectivity index (χ4v) is 20.5. The first-order valence-electron chi connectivity index (χ1n) is 9.35. The van der Waals surface area contributed by atoms with Crippen molar-refractivity contribution in [2.75, 3.05) is 14.2 Å². The molecule has 0 aromatic rings. The first-order chi connectivity index (χ1) is 11.2. The molecule has 0 bridgehead atoms. The summed E-state index contributed by atoms with van der Waals surface area (Å²) in [6.45, 7) is 18.4. The number of hydrogen-bond acceptors (Lipinski definition) is 5. The molecule has 1 unspecified atom stereocenters. The number of hydrogen-bond donors (Lipinski definition) is 0. The van der Waals surface area contributed by atoms with E-state index in [1.807, 2.05) is 0 Å². The molecule has 0 amide bonds. The van der Waals surface area contributed by atoms with Crippen molar-refractivity contribution in [1.82, 2.24) is 0 Å². The van der Waals surface area contributed by atoms with Gasteiger partial charge in [-0.1, -0.05) is 32.1 Å². The van der Waals surface area contributed by atoms with Gasteiger partial charge in [-0.2, -0.15) is 0 Å². The molecule has 0 aliphatic heterocycles. The molecule has 0 radical (unpaired) electrons. The average molecular weight is 443 g/mol. The minimum Gasteiger partial charge on any atom is -0.436 e. The first-order valence-corrected chi connectivity index (χ1v) is 23.1. The van der Waals surface area contributed by atoms with Gasteiger partial charge >= 0.3 is 17.1 Å². The second-order valence-corrected chi connectivity index (χ2v) is 27.8. The fourth-order valence-electron chi connectivity index (χ4n) is 2.90. The lowest BCUT2D eigenvalue weighted by atomic mass is 10.6. The Kier molecular flexibility index (Phi) is 11.4. The molecule has 0 heterocycles. The van der Waals surface area contributed by atoms with Crippen molar-refractivity contribution < 1.29 is 22.1 Å². The molecule has 0 aromatic carbocycles. The van der Waals surface area contributed by atoms with Gasteiger partial charge in [0, 0.05) is 15.2 Å². The quantitative estimate of drug-likeness (QED) is 0.172. The summed E-state index contributed by atoms with van der Waals surface area (Å²) in [6, 6.07) is 4.60. The van der Waals surface area contributed by atoms with Crippen LogP contribution >= 0.6 is 0 Å². The van der Waals surface area contributed by atoms with Crippen LogP contribution in [0.1, 0.15) is 6.42 Å². The third-order valence-corrected chi connectivity index (χ3v) is 19.2. The third kappa shape index (κ3) is 13.7. The summed E-state index contributed by atoms with van der Waals surface area (Å²) in [5.41, 5.74) is 0. The Balaban J connectivity index is 4.91. The lowest BCUT2D eigenvalue weighted by molar-refractivity contribution is -0.179. The molecular formula is C15H42O5Si5. The van der Waals surface area contributed by atoms with Crippen LogP contribution in [0.25, 0.3) is 0 Å². The Bertz CT molecular complexity index is 376. The van der Waals surface area contributed by atoms with Crippen LogP contribution in [0, 0.1) is 0 Å². The van der Waals surface area contributed by atoms with E-state index in [9.17, 15) is 0 Å². The predicted molar refractivity (Wildman–Crippen MR) is 120 cm³/mol. The van der Waals surface area contributed by atoms with Gasteiger partial charge in [-0.3, -0.25) is 9.46 Å². The molecule has 0 aliphatic rings. The maximum absolute atomic E-state index is 6.81. The maximum Gasteiger partial charge on any atom is 0.322 e. The molecular weight excluding hydrogens is 401 g/mol. The molecule has 10 heteroatoms. The van der Waals surface area contributed by atoms with Crippen molar-refractivity contribution in [3.63, 3.8) is 0 Å². The molecule has 0 spiro atoms. The van der Waals surface area contributed by atoms with Crippen molar-refractivity contribution in [2.45, 2.75) is 83.0 Å². The van der Waals surface area contributed by atoms with Crippen molar-refractivity contribution in [2.24, 2.45) is 0 Å². The van der Waals surface area contributed by atoms with E-state index in [1.165, 1.54) is 12.5 Å². The van der Waals surface area contributed by atoms with Crippen LogP contribution in [0.2, 0.25) is 76.6 Å². The lowest BCUT2D eigenvalue weighted by Gasteiger charge is -2.40. The fraction of sp³-hybridized carbons (Fsp3) is 1.00. The molecule has 0 saturated heterocycles. The van der Waals surface area contributed by atoms with E-state index in [-0.39, 0.29) is 0 Å². The minimum atomic E-state index is -2.25. The van der Waals surface area contributed by atoms with Crippen LogP contribution in [-0.2, 0) is 22.1 Å². The molecule has 0 saturated carbocycles. The van der Waals surface area contributed by atoms with Crippen LogP contribution in [0.15, 0.2) is 0 Å². The Morgan fingerprint density at radius 2 is 1.36 bits per heavy atom. The molecule has 0 aliphatic carbocycles. The highest BCUT2D eigenvalue weighted by atomic mass is 28.5. The highest BCUT2D eigenvalue weighted by molar-refractivity contribution is 6.87. The SMILES string of the molecule is COO[SiH2]CC[Si](C)(C)O[Si](C)(CCC[Si](C)(C)C)O[Si](C)(C)OC. The van der Waals surface area contributed by atoms with Crippen LogP contribution < -0.4 is 0 Å². The molecule has 0 N–H and O–H groups in total. The topological polar surface area (TPSA) is 46.2 Å². The van der Waals surface area contributed by atoms with E-state index >= 15 is 0 Å². The molecule has 0 rings (SSSR count). The van der Waals surface area contributed by atoms with Gasteiger partial charge in [-0.05, 0) is 50.9 Å². The zero-order valence-electron chi connectivity index (χ0n) is 18.3. The first kappa shape index (κ1) is 25.9. The molecule has 152 valence electrons. The van der Waals surface area contributed by atoms with Crippen molar-refractivity contribution >= 4 is 43.3 Å². The van der Waals surface area contributed by atoms with Gasteiger partial charge in [-0.15, -0.1) is 0 Å². The zero-order valence-corrected chi connectivity index (χ0v) is 23.7. The number of rotatable bonds is 14. The van der Waals surface area contributed by atoms with Crippen LogP contribution in [0.3, 0.4) is 0 Å². The summed E-state index contributed by atoms with van der Waals surface area (Å²) < 4.78 is 24.2. The van der Waals surface area contributed by atoms with Crippen LogP contribution in [0.4, 0.5) is 0 Å². The summed E-state index contributed by atoms with van der Waals surface area (Å²) in [6.07, 6.45) is 1.21. The van der Waals surface area contributed by atoms with E-state index in [4.69, 9.17) is 22.1 Å². The molecule has 5 nitrogen and oxygen atoms in total. The Hall–Kier alpha value is 0.884. The third-order valence-electron chi connectivity index (χ3n) is 4.13. The van der Waals surface area contributed by atoms with Gasteiger partial charge in [-0.25, -0.2) is 0 Å². The summed E-state index contributed by atoms with van der Waals surface area (Å²) >= 11 is 0. The predicted octanol–water partition coefficient (Wildman–Crippen LogP) is 4.45. The second-order valence-electron chi connectivity index (χ2n) is 9.21. The van der Waals surface area contributed by atoms with Gasteiger partial charge in [0.15, 0.2) is 8.32 Å². The van der Waals surface area contributed by atoms with E-state index in [2.05, 4.69) is 52.4 Å². The Morgan fingerprint density at radius 3 is 1.84 bits per heavy atom. The van der Waals surface area contributed by atoms with Crippen LogP contribution in [0.5, 0.6) is 0 Å².